The van der Waals surface area contributed by atoms with Gasteiger partial charge < -0.3 is 10.8 Å². The molecule has 0 aromatic carbocycles. The highest BCUT2D eigenvalue weighted by Gasteiger charge is 2.24. The molecular weight excluding hydrogens is 178 g/mol. The van der Waals surface area contributed by atoms with Gasteiger partial charge in [0.1, 0.15) is 6.10 Å². The predicted molar refractivity (Wildman–Crippen MR) is 55.6 cm³/mol. The fraction of sp³-hybridized carbons (Fsp3) is 0.700. The SMILES string of the molecule is CC(C)C(CN)C(O)c1ccn(C)n1. The lowest BCUT2D eigenvalue weighted by molar-refractivity contribution is 0.0818. The number of aliphatic hydroxyl groups excluding tert-OH is 1. The first-order chi connectivity index (χ1) is 6.56. The van der Waals surface area contributed by atoms with Crippen LogP contribution in [0.15, 0.2) is 12.3 Å². The average Bonchev–Trinajstić information content (AvgIpc) is 2.52. The Labute approximate surface area is 84.7 Å². The maximum atomic E-state index is 10.0. The van der Waals surface area contributed by atoms with E-state index in [1.807, 2.05) is 19.3 Å². The summed E-state index contributed by atoms with van der Waals surface area (Å²) in [7, 11) is 1.84. The molecule has 0 amide bonds. The second-order valence-corrected chi connectivity index (χ2v) is 4.00. The highest BCUT2D eigenvalue weighted by molar-refractivity contribution is 5.04. The molecular formula is C10H19N3O. The van der Waals surface area contributed by atoms with Crippen molar-refractivity contribution in [2.45, 2.75) is 20.0 Å². The Morgan fingerprint density at radius 3 is 2.57 bits per heavy atom. The number of aromatic nitrogens is 2. The quantitative estimate of drug-likeness (QED) is 0.746. The smallest absolute Gasteiger partial charge is 0.102 e. The fourth-order valence-electron chi connectivity index (χ4n) is 1.58. The summed E-state index contributed by atoms with van der Waals surface area (Å²) in [6.07, 6.45) is 1.27. The van der Waals surface area contributed by atoms with E-state index in [1.165, 1.54) is 0 Å². The van der Waals surface area contributed by atoms with Crippen LogP contribution in [0, 0.1) is 11.8 Å². The summed E-state index contributed by atoms with van der Waals surface area (Å²) >= 11 is 0. The van der Waals surface area contributed by atoms with Crippen LogP contribution in [0.25, 0.3) is 0 Å². The van der Waals surface area contributed by atoms with Crippen molar-refractivity contribution in [3.8, 4) is 0 Å². The van der Waals surface area contributed by atoms with Crippen LogP contribution in [0.4, 0.5) is 0 Å². The van der Waals surface area contributed by atoms with Gasteiger partial charge in [-0.15, -0.1) is 0 Å². The van der Waals surface area contributed by atoms with Crippen LogP contribution in [0.5, 0.6) is 0 Å². The summed E-state index contributed by atoms with van der Waals surface area (Å²) in [4.78, 5) is 0. The number of aryl methyl sites for hydroxylation is 1. The molecule has 0 aliphatic heterocycles. The third kappa shape index (κ3) is 2.33. The standard InChI is InChI=1S/C10H19N3O/c1-7(2)8(6-11)10(14)9-4-5-13(3)12-9/h4-5,7-8,10,14H,6,11H2,1-3H3. The van der Waals surface area contributed by atoms with Gasteiger partial charge in [0.25, 0.3) is 0 Å². The van der Waals surface area contributed by atoms with Crippen molar-refractivity contribution in [2.75, 3.05) is 6.54 Å². The lowest BCUT2D eigenvalue weighted by Gasteiger charge is -2.23. The molecule has 3 N–H and O–H groups in total. The fourth-order valence-corrected chi connectivity index (χ4v) is 1.58. The second kappa shape index (κ2) is 4.57. The summed E-state index contributed by atoms with van der Waals surface area (Å²) in [5.41, 5.74) is 6.33. The van der Waals surface area contributed by atoms with Crippen LogP contribution in [0.1, 0.15) is 25.6 Å². The van der Waals surface area contributed by atoms with Gasteiger partial charge in [-0.3, -0.25) is 4.68 Å². The van der Waals surface area contributed by atoms with Crippen LogP contribution in [-0.2, 0) is 7.05 Å². The zero-order valence-corrected chi connectivity index (χ0v) is 9.01. The first-order valence-corrected chi connectivity index (χ1v) is 4.94. The molecule has 2 unspecified atom stereocenters. The van der Waals surface area contributed by atoms with Crippen LogP contribution < -0.4 is 5.73 Å². The molecule has 4 nitrogen and oxygen atoms in total. The Hall–Kier alpha value is -0.870. The maximum Gasteiger partial charge on any atom is 0.102 e. The Bertz CT molecular complexity index is 283. The second-order valence-electron chi connectivity index (χ2n) is 4.00. The molecule has 80 valence electrons. The maximum absolute atomic E-state index is 10.0. The monoisotopic (exact) mass is 197 g/mol. The normalized spacial score (nSPS) is 15.9. The minimum absolute atomic E-state index is 0.0740. The summed E-state index contributed by atoms with van der Waals surface area (Å²) in [6.45, 7) is 4.60. The lowest BCUT2D eigenvalue weighted by Crippen LogP contribution is -2.27. The molecule has 0 aliphatic rings. The van der Waals surface area contributed by atoms with Crippen molar-refractivity contribution in [1.82, 2.24) is 9.78 Å². The molecule has 1 aromatic heterocycles. The van der Waals surface area contributed by atoms with Crippen LogP contribution >= 0.6 is 0 Å². The zero-order chi connectivity index (χ0) is 10.7. The Morgan fingerprint density at radius 2 is 2.21 bits per heavy atom. The third-order valence-electron chi connectivity index (χ3n) is 2.57. The van der Waals surface area contributed by atoms with Crippen LogP contribution in [0.3, 0.4) is 0 Å². The topological polar surface area (TPSA) is 64.1 Å². The summed E-state index contributed by atoms with van der Waals surface area (Å²) < 4.78 is 1.69. The molecule has 0 spiro atoms. The van der Waals surface area contributed by atoms with Gasteiger partial charge in [-0.1, -0.05) is 13.8 Å². The van der Waals surface area contributed by atoms with E-state index in [0.717, 1.165) is 0 Å². The number of aliphatic hydroxyl groups is 1. The van der Waals surface area contributed by atoms with Gasteiger partial charge in [0.05, 0.1) is 5.69 Å². The van der Waals surface area contributed by atoms with Gasteiger partial charge in [-0.05, 0) is 18.5 Å². The molecule has 0 bridgehead atoms. The van der Waals surface area contributed by atoms with Crippen molar-refractivity contribution in [3.63, 3.8) is 0 Å². The molecule has 1 rings (SSSR count). The Kier molecular flexibility index (Phi) is 3.66. The number of nitrogens with zero attached hydrogens (tertiary/aromatic N) is 2. The molecule has 2 atom stereocenters. The Morgan fingerprint density at radius 1 is 1.57 bits per heavy atom. The molecule has 0 saturated carbocycles. The lowest BCUT2D eigenvalue weighted by atomic mass is 9.89. The summed E-state index contributed by atoms with van der Waals surface area (Å²) in [5.74, 6) is 0.432. The zero-order valence-electron chi connectivity index (χ0n) is 9.01. The number of nitrogens with two attached hydrogens (primary N) is 1. The van der Waals surface area contributed by atoms with Gasteiger partial charge in [0.2, 0.25) is 0 Å². The number of hydrogen-bond donors (Lipinski definition) is 2. The molecule has 1 aromatic rings. The average molecular weight is 197 g/mol. The van der Waals surface area contributed by atoms with Crippen molar-refractivity contribution in [2.24, 2.45) is 24.6 Å². The van der Waals surface area contributed by atoms with E-state index in [9.17, 15) is 5.11 Å². The molecule has 0 saturated heterocycles. The van der Waals surface area contributed by atoms with E-state index in [1.54, 1.807) is 4.68 Å². The summed E-state index contributed by atoms with van der Waals surface area (Å²) in [6, 6.07) is 1.83. The van der Waals surface area contributed by atoms with Gasteiger partial charge >= 0.3 is 0 Å². The van der Waals surface area contributed by atoms with E-state index < -0.39 is 6.10 Å². The van der Waals surface area contributed by atoms with E-state index in [0.29, 0.717) is 18.2 Å². The van der Waals surface area contributed by atoms with E-state index in [4.69, 9.17) is 5.73 Å². The molecule has 14 heavy (non-hydrogen) atoms. The molecule has 4 heteroatoms. The molecule has 0 radical (unpaired) electrons. The largest absolute Gasteiger partial charge is 0.386 e. The number of rotatable bonds is 4. The van der Waals surface area contributed by atoms with E-state index in [2.05, 4.69) is 18.9 Å². The molecule has 0 fully saturated rings. The van der Waals surface area contributed by atoms with Crippen LogP contribution in [-0.4, -0.2) is 21.4 Å². The van der Waals surface area contributed by atoms with Crippen molar-refractivity contribution in [3.05, 3.63) is 18.0 Å². The molecule has 1 heterocycles. The van der Waals surface area contributed by atoms with Crippen LogP contribution in [0.2, 0.25) is 0 Å². The van der Waals surface area contributed by atoms with Gasteiger partial charge in [-0.2, -0.15) is 5.10 Å². The minimum atomic E-state index is -0.554. The minimum Gasteiger partial charge on any atom is -0.386 e. The van der Waals surface area contributed by atoms with Gasteiger partial charge in [0.15, 0.2) is 0 Å². The van der Waals surface area contributed by atoms with Gasteiger partial charge in [0, 0.05) is 19.2 Å². The number of hydrogen-bond acceptors (Lipinski definition) is 3. The van der Waals surface area contributed by atoms with Crippen molar-refractivity contribution in [1.29, 1.82) is 0 Å². The first-order valence-electron chi connectivity index (χ1n) is 4.94. The molecule has 0 aliphatic carbocycles. The Balaban J connectivity index is 2.77. The third-order valence-corrected chi connectivity index (χ3v) is 2.57. The van der Waals surface area contributed by atoms with E-state index >= 15 is 0 Å². The first kappa shape index (κ1) is 11.2. The van der Waals surface area contributed by atoms with Crippen molar-refractivity contribution >= 4 is 0 Å². The van der Waals surface area contributed by atoms with Crippen molar-refractivity contribution < 1.29 is 5.11 Å². The predicted octanol–water partition coefficient (Wildman–Crippen LogP) is 0.684. The highest BCUT2D eigenvalue weighted by Crippen LogP contribution is 2.25. The highest BCUT2D eigenvalue weighted by atomic mass is 16.3. The van der Waals surface area contributed by atoms with Gasteiger partial charge in [-0.25, -0.2) is 0 Å². The van der Waals surface area contributed by atoms with E-state index in [-0.39, 0.29) is 5.92 Å². The summed E-state index contributed by atoms with van der Waals surface area (Å²) in [5, 5.41) is 14.2.